The minimum atomic E-state index is -0.162. The molecule has 0 unspecified atom stereocenters. The Balaban J connectivity index is 2.52. The van der Waals surface area contributed by atoms with Crippen LogP contribution in [-0.2, 0) is 0 Å². The molecule has 0 atom stereocenters. The summed E-state index contributed by atoms with van der Waals surface area (Å²) in [4.78, 5) is 12.5. The van der Waals surface area contributed by atoms with Gasteiger partial charge >= 0.3 is 0 Å². The van der Waals surface area contributed by atoms with E-state index in [1.54, 1.807) is 30.3 Å². The minimum Gasteiger partial charge on any atom is -0.496 e. The molecule has 4 heteroatoms. The van der Waals surface area contributed by atoms with Gasteiger partial charge in [0.2, 0.25) is 0 Å². The zero-order valence-corrected chi connectivity index (χ0v) is 12.0. The predicted molar refractivity (Wildman–Crippen MR) is 77.6 cm³/mol. The molecule has 0 amide bonds. The normalized spacial score (nSPS) is 10.3. The molecule has 0 N–H and O–H groups in total. The van der Waals surface area contributed by atoms with E-state index in [1.807, 2.05) is 13.0 Å². The monoisotopic (exact) mass is 294 g/mol. The highest BCUT2D eigenvalue weighted by atomic mass is 35.5. The maximum absolute atomic E-state index is 12.5. The van der Waals surface area contributed by atoms with Gasteiger partial charge in [0.15, 0.2) is 5.78 Å². The lowest BCUT2D eigenvalue weighted by Crippen LogP contribution is -2.04. The fraction of sp³-hybridized carbons (Fsp3) is 0.133. The lowest BCUT2D eigenvalue weighted by molar-refractivity contribution is 0.103. The van der Waals surface area contributed by atoms with Gasteiger partial charge in [0.05, 0.1) is 12.7 Å². The number of ketones is 1. The number of rotatable bonds is 3. The standard InChI is InChI=1S/C15H12Cl2O2/c1-9-3-4-14(19-2)13(5-9)15(18)10-6-11(16)8-12(17)7-10/h3-8H,1-2H3. The number of methoxy groups -OCH3 is 1. The molecule has 0 heterocycles. The van der Waals surface area contributed by atoms with E-state index in [4.69, 9.17) is 27.9 Å². The van der Waals surface area contributed by atoms with Gasteiger partial charge < -0.3 is 4.74 Å². The molecule has 0 fully saturated rings. The maximum atomic E-state index is 12.5. The molecule has 0 radical (unpaired) electrons. The molecule has 0 aliphatic heterocycles. The van der Waals surface area contributed by atoms with Crippen LogP contribution in [0.3, 0.4) is 0 Å². The van der Waals surface area contributed by atoms with Crippen molar-refractivity contribution in [1.82, 2.24) is 0 Å². The van der Waals surface area contributed by atoms with Gasteiger partial charge in [-0.1, -0.05) is 34.8 Å². The van der Waals surface area contributed by atoms with Crippen LogP contribution in [0.15, 0.2) is 36.4 Å². The van der Waals surface area contributed by atoms with Crippen LogP contribution in [-0.4, -0.2) is 12.9 Å². The number of hydrogen-bond donors (Lipinski definition) is 0. The van der Waals surface area contributed by atoms with Gasteiger partial charge in [0.25, 0.3) is 0 Å². The molecule has 0 aliphatic rings. The molecule has 2 nitrogen and oxygen atoms in total. The van der Waals surface area contributed by atoms with Crippen molar-refractivity contribution in [3.8, 4) is 5.75 Å². The summed E-state index contributed by atoms with van der Waals surface area (Å²) in [5.74, 6) is 0.372. The molecule has 0 saturated carbocycles. The lowest BCUT2D eigenvalue weighted by Gasteiger charge is -2.09. The molecule has 0 saturated heterocycles. The topological polar surface area (TPSA) is 26.3 Å². The Kier molecular flexibility index (Phi) is 4.13. The molecule has 0 bridgehead atoms. The van der Waals surface area contributed by atoms with Gasteiger partial charge in [-0.15, -0.1) is 0 Å². The summed E-state index contributed by atoms with van der Waals surface area (Å²) in [6.07, 6.45) is 0. The van der Waals surface area contributed by atoms with Crippen LogP contribution in [0, 0.1) is 6.92 Å². The second-order valence-corrected chi connectivity index (χ2v) is 5.06. The number of benzene rings is 2. The summed E-state index contributed by atoms with van der Waals surface area (Å²) in [7, 11) is 1.53. The van der Waals surface area contributed by atoms with Gasteiger partial charge in [-0.25, -0.2) is 0 Å². The number of carbonyl (C=O) groups is 1. The third-order valence-electron chi connectivity index (χ3n) is 2.72. The van der Waals surface area contributed by atoms with Crippen molar-refractivity contribution in [1.29, 1.82) is 0 Å². The van der Waals surface area contributed by atoms with E-state index in [0.717, 1.165) is 5.56 Å². The summed E-state index contributed by atoms with van der Waals surface area (Å²) in [5, 5.41) is 0.866. The molecule has 2 aromatic rings. The average Bonchev–Trinajstić information content (AvgIpc) is 2.36. The van der Waals surface area contributed by atoms with Crippen LogP contribution in [0.5, 0.6) is 5.75 Å². The van der Waals surface area contributed by atoms with Crippen molar-refractivity contribution in [3.63, 3.8) is 0 Å². The van der Waals surface area contributed by atoms with E-state index in [0.29, 0.717) is 26.9 Å². The van der Waals surface area contributed by atoms with Crippen LogP contribution in [0.25, 0.3) is 0 Å². The average molecular weight is 295 g/mol. The molecule has 19 heavy (non-hydrogen) atoms. The number of halogens is 2. The SMILES string of the molecule is COc1ccc(C)cc1C(=O)c1cc(Cl)cc(Cl)c1. The zero-order chi connectivity index (χ0) is 14.0. The minimum absolute atomic E-state index is 0.162. The van der Waals surface area contributed by atoms with E-state index in [9.17, 15) is 4.79 Å². The number of ether oxygens (including phenoxy) is 1. The number of carbonyl (C=O) groups excluding carboxylic acids is 1. The molecular formula is C15H12Cl2O2. The molecule has 0 aliphatic carbocycles. The second-order valence-electron chi connectivity index (χ2n) is 4.19. The quantitative estimate of drug-likeness (QED) is 0.777. The molecule has 2 rings (SSSR count). The third-order valence-corrected chi connectivity index (χ3v) is 3.16. The van der Waals surface area contributed by atoms with Gasteiger partial charge in [-0.2, -0.15) is 0 Å². The molecule has 98 valence electrons. The van der Waals surface area contributed by atoms with E-state index in [2.05, 4.69) is 0 Å². The molecule has 2 aromatic carbocycles. The Morgan fingerprint density at radius 1 is 1.05 bits per heavy atom. The first-order valence-corrected chi connectivity index (χ1v) is 6.42. The summed E-state index contributed by atoms with van der Waals surface area (Å²) >= 11 is 11.8. The first-order valence-electron chi connectivity index (χ1n) is 5.66. The van der Waals surface area contributed by atoms with Gasteiger partial charge in [0, 0.05) is 15.6 Å². The number of hydrogen-bond acceptors (Lipinski definition) is 2. The van der Waals surface area contributed by atoms with Crippen molar-refractivity contribution in [2.24, 2.45) is 0 Å². The summed E-state index contributed by atoms with van der Waals surface area (Å²) < 4.78 is 5.22. The van der Waals surface area contributed by atoms with Crippen molar-refractivity contribution in [3.05, 3.63) is 63.1 Å². The van der Waals surface area contributed by atoms with Crippen LogP contribution in [0.2, 0.25) is 10.0 Å². The van der Waals surface area contributed by atoms with E-state index < -0.39 is 0 Å². The van der Waals surface area contributed by atoms with E-state index in [-0.39, 0.29) is 5.78 Å². The van der Waals surface area contributed by atoms with Crippen LogP contribution >= 0.6 is 23.2 Å². The van der Waals surface area contributed by atoms with Gasteiger partial charge in [-0.05, 0) is 37.3 Å². The van der Waals surface area contributed by atoms with Gasteiger partial charge in [-0.3, -0.25) is 4.79 Å². The van der Waals surface area contributed by atoms with Crippen molar-refractivity contribution >= 4 is 29.0 Å². The Labute approximate surface area is 121 Å². The van der Waals surface area contributed by atoms with E-state index in [1.165, 1.54) is 7.11 Å². The van der Waals surface area contributed by atoms with Crippen molar-refractivity contribution in [2.75, 3.05) is 7.11 Å². The highest BCUT2D eigenvalue weighted by Crippen LogP contribution is 2.26. The van der Waals surface area contributed by atoms with Crippen molar-refractivity contribution in [2.45, 2.75) is 6.92 Å². The van der Waals surface area contributed by atoms with Crippen LogP contribution in [0.4, 0.5) is 0 Å². The highest BCUT2D eigenvalue weighted by Gasteiger charge is 2.15. The fourth-order valence-corrected chi connectivity index (χ4v) is 2.37. The third kappa shape index (κ3) is 3.09. The molecule has 0 aromatic heterocycles. The van der Waals surface area contributed by atoms with Crippen molar-refractivity contribution < 1.29 is 9.53 Å². The zero-order valence-electron chi connectivity index (χ0n) is 10.5. The molecule has 0 spiro atoms. The Hall–Kier alpha value is -1.51. The summed E-state index contributed by atoms with van der Waals surface area (Å²) in [6, 6.07) is 10.2. The Bertz CT molecular complexity index is 616. The maximum Gasteiger partial charge on any atom is 0.196 e. The first kappa shape index (κ1) is 13.9. The fourth-order valence-electron chi connectivity index (χ4n) is 1.84. The van der Waals surface area contributed by atoms with Gasteiger partial charge in [0.1, 0.15) is 5.75 Å². The predicted octanol–water partition coefficient (Wildman–Crippen LogP) is 4.54. The smallest absolute Gasteiger partial charge is 0.196 e. The largest absolute Gasteiger partial charge is 0.496 e. The lowest BCUT2D eigenvalue weighted by atomic mass is 10.0. The highest BCUT2D eigenvalue weighted by molar-refractivity contribution is 6.35. The van der Waals surface area contributed by atoms with Crippen LogP contribution in [0.1, 0.15) is 21.5 Å². The van der Waals surface area contributed by atoms with E-state index >= 15 is 0 Å². The Morgan fingerprint density at radius 3 is 2.26 bits per heavy atom. The van der Waals surface area contributed by atoms with Crippen LogP contribution < -0.4 is 4.74 Å². The second kappa shape index (κ2) is 5.64. The molecular weight excluding hydrogens is 283 g/mol. The Morgan fingerprint density at radius 2 is 1.68 bits per heavy atom. The number of aryl methyl sites for hydroxylation is 1. The summed E-state index contributed by atoms with van der Waals surface area (Å²) in [5.41, 5.74) is 1.93. The first-order chi connectivity index (χ1) is 9.01. The summed E-state index contributed by atoms with van der Waals surface area (Å²) in [6.45, 7) is 1.92.